The highest BCUT2D eigenvalue weighted by molar-refractivity contribution is 7.92. The molecule has 1 aromatic rings. The minimum Gasteiger partial charge on any atom is -0.361 e. The van der Waals surface area contributed by atoms with Gasteiger partial charge in [-0.3, -0.25) is 0 Å². The molecule has 0 amide bonds. The molecular formula is C11H20N2O3S. The van der Waals surface area contributed by atoms with Gasteiger partial charge in [0.1, 0.15) is 5.76 Å². The molecule has 17 heavy (non-hydrogen) atoms. The maximum atomic E-state index is 11.5. The molecule has 0 spiro atoms. The summed E-state index contributed by atoms with van der Waals surface area (Å²) in [5, 5.41) is 6.98. The zero-order chi connectivity index (χ0) is 13.3. The van der Waals surface area contributed by atoms with Gasteiger partial charge < -0.3 is 9.84 Å². The number of nitrogens with zero attached hydrogens (tertiary/aromatic N) is 1. The van der Waals surface area contributed by atoms with Crippen molar-refractivity contribution in [3.05, 3.63) is 17.0 Å². The summed E-state index contributed by atoms with van der Waals surface area (Å²) in [5.74, 6) is 0.771. The van der Waals surface area contributed by atoms with Crippen LogP contribution in [0.5, 0.6) is 0 Å². The van der Waals surface area contributed by atoms with Crippen molar-refractivity contribution < 1.29 is 12.9 Å². The van der Waals surface area contributed by atoms with Gasteiger partial charge in [-0.25, -0.2) is 8.42 Å². The minimum atomic E-state index is -3.07. The van der Waals surface area contributed by atoms with Crippen molar-refractivity contribution in [1.82, 2.24) is 10.5 Å². The molecule has 1 rings (SSSR count). The van der Waals surface area contributed by atoms with Crippen molar-refractivity contribution in [2.24, 2.45) is 0 Å². The summed E-state index contributed by atoms with van der Waals surface area (Å²) >= 11 is 0. The van der Waals surface area contributed by atoms with Crippen molar-refractivity contribution in [2.45, 2.75) is 39.0 Å². The second kappa shape index (κ2) is 4.78. The Hall–Kier alpha value is -0.880. The molecule has 0 radical (unpaired) electrons. The Morgan fingerprint density at radius 3 is 2.35 bits per heavy atom. The first-order valence-corrected chi connectivity index (χ1v) is 7.36. The molecule has 5 nitrogen and oxygen atoms in total. The molecule has 0 aromatic carbocycles. The highest BCUT2D eigenvalue weighted by Gasteiger charge is 2.29. The predicted octanol–water partition coefficient (Wildman–Crippen LogP) is 1.20. The minimum absolute atomic E-state index is 0.399. The number of nitrogens with one attached hydrogen (secondary N) is 1. The smallest absolute Gasteiger partial charge is 0.153 e. The zero-order valence-electron chi connectivity index (χ0n) is 11.0. The van der Waals surface area contributed by atoms with Gasteiger partial charge >= 0.3 is 0 Å². The third kappa shape index (κ3) is 3.29. The summed E-state index contributed by atoms with van der Waals surface area (Å²) in [4.78, 5) is 0. The number of hydrogen-bond donors (Lipinski definition) is 1. The van der Waals surface area contributed by atoms with E-state index in [2.05, 4.69) is 10.5 Å². The van der Waals surface area contributed by atoms with Crippen LogP contribution < -0.4 is 5.32 Å². The van der Waals surface area contributed by atoms with E-state index in [1.807, 2.05) is 13.8 Å². The Kier molecular flexibility index (Phi) is 3.99. The van der Waals surface area contributed by atoms with Crippen LogP contribution in [-0.2, 0) is 16.4 Å². The normalized spacial score (nSPS) is 13.0. The molecular weight excluding hydrogens is 240 g/mol. The van der Waals surface area contributed by atoms with E-state index in [0.717, 1.165) is 17.0 Å². The van der Waals surface area contributed by atoms with E-state index in [1.165, 1.54) is 6.26 Å². The summed E-state index contributed by atoms with van der Waals surface area (Å²) in [6.45, 7) is 8.11. The maximum absolute atomic E-state index is 11.5. The molecule has 0 unspecified atom stereocenters. The molecule has 0 atom stereocenters. The lowest BCUT2D eigenvalue weighted by Gasteiger charge is -2.22. The fraction of sp³-hybridized carbons (Fsp3) is 0.727. The molecule has 1 N–H and O–H groups in total. The van der Waals surface area contributed by atoms with E-state index in [1.54, 1.807) is 13.8 Å². The van der Waals surface area contributed by atoms with Crippen LogP contribution in [0.15, 0.2) is 4.52 Å². The molecule has 98 valence electrons. The van der Waals surface area contributed by atoms with Crippen LogP contribution in [-0.4, -0.2) is 31.1 Å². The molecule has 1 heterocycles. The monoisotopic (exact) mass is 260 g/mol. The van der Waals surface area contributed by atoms with Crippen LogP contribution in [0.1, 0.15) is 30.9 Å². The SMILES string of the molecule is Cc1noc(C)c1CNCC(C)(C)S(C)(=O)=O. The molecule has 0 saturated carbocycles. The molecule has 1 aromatic heterocycles. The van der Waals surface area contributed by atoms with Crippen molar-refractivity contribution in [1.29, 1.82) is 0 Å². The average molecular weight is 260 g/mol. The van der Waals surface area contributed by atoms with E-state index in [-0.39, 0.29) is 0 Å². The first kappa shape index (κ1) is 14.2. The summed E-state index contributed by atoms with van der Waals surface area (Å²) in [5.41, 5.74) is 1.83. The highest BCUT2D eigenvalue weighted by Crippen LogP contribution is 2.15. The Morgan fingerprint density at radius 2 is 1.94 bits per heavy atom. The van der Waals surface area contributed by atoms with Crippen molar-refractivity contribution in [2.75, 3.05) is 12.8 Å². The molecule has 0 saturated heterocycles. The van der Waals surface area contributed by atoms with Gasteiger partial charge in [0.05, 0.1) is 10.4 Å². The van der Waals surface area contributed by atoms with E-state index < -0.39 is 14.6 Å². The third-order valence-electron chi connectivity index (χ3n) is 3.04. The van der Waals surface area contributed by atoms with Crippen LogP contribution in [0.4, 0.5) is 0 Å². The average Bonchev–Trinajstić information content (AvgIpc) is 2.47. The summed E-state index contributed by atoms with van der Waals surface area (Å²) in [6, 6.07) is 0. The Morgan fingerprint density at radius 1 is 1.35 bits per heavy atom. The van der Waals surface area contributed by atoms with E-state index in [4.69, 9.17) is 4.52 Å². The van der Waals surface area contributed by atoms with Gasteiger partial charge in [-0.1, -0.05) is 5.16 Å². The second-order valence-corrected chi connectivity index (χ2v) is 7.59. The molecule has 0 aliphatic heterocycles. The van der Waals surface area contributed by atoms with Gasteiger partial charge in [0.25, 0.3) is 0 Å². The molecule has 0 aliphatic carbocycles. The number of aryl methyl sites for hydroxylation is 2. The van der Waals surface area contributed by atoms with E-state index in [9.17, 15) is 8.42 Å². The van der Waals surface area contributed by atoms with Crippen molar-refractivity contribution in [3.8, 4) is 0 Å². The van der Waals surface area contributed by atoms with Crippen LogP contribution in [0.3, 0.4) is 0 Å². The number of aromatic nitrogens is 1. The topological polar surface area (TPSA) is 72.2 Å². The summed E-state index contributed by atoms with van der Waals surface area (Å²) in [6.07, 6.45) is 1.25. The summed E-state index contributed by atoms with van der Waals surface area (Å²) in [7, 11) is -3.07. The first-order valence-electron chi connectivity index (χ1n) is 5.47. The lowest BCUT2D eigenvalue weighted by Crippen LogP contribution is -2.41. The zero-order valence-corrected chi connectivity index (χ0v) is 11.8. The third-order valence-corrected chi connectivity index (χ3v) is 5.19. The van der Waals surface area contributed by atoms with Crippen LogP contribution in [0, 0.1) is 13.8 Å². The van der Waals surface area contributed by atoms with Crippen LogP contribution in [0.25, 0.3) is 0 Å². The second-order valence-electron chi connectivity index (χ2n) is 4.94. The molecule has 0 aliphatic rings. The summed E-state index contributed by atoms with van der Waals surface area (Å²) < 4.78 is 27.3. The quantitative estimate of drug-likeness (QED) is 0.861. The highest BCUT2D eigenvalue weighted by atomic mass is 32.2. The largest absolute Gasteiger partial charge is 0.361 e. The fourth-order valence-electron chi connectivity index (χ4n) is 1.37. The maximum Gasteiger partial charge on any atom is 0.153 e. The Labute approximate surface area is 102 Å². The first-order chi connectivity index (χ1) is 7.65. The predicted molar refractivity (Wildman–Crippen MR) is 66.6 cm³/mol. The van der Waals surface area contributed by atoms with Gasteiger partial charge in [0.15, 0.2) is 9.84 Å². The lowest BCUT2D eigenvalue weighted by molar-refractivity contribution is 0.391. The number of hydrogen-bond acceptors (Lipinski definition) is 5. The van der Waals surface area contributed by atoms with Crippen molar-refractivity contribution >= 4 is 9.84 Å². The molecule has 0 fully saturated rings. The number of rotatable bonds is 5. The van der Waals surface area contributed by atoms with E-state index >= 15 is 0 Å². The van der Waals surface area contributed by atoms with Gasteiger partial charge in [-0.15, -0.1) is 0 Å². The molecule has 6 heteroatoms. The standard InChI is InChI=1S/C11H20N2O3S/c1-8-10(9(2)16-13-8)6-12-7-11(3,4)17(5,14)15/h12H,6-7H2,1-5H3. The number of sulfone groups is 1. The Bertz CT molecular complexity index is 469. The fourth-order valence-corrected chi connectivity index (χ4v) is 1.74. The van der Waals surface area contributed by atoms with E-state index in [0.29, 0.717) is 13.1 Å². The van der Waals surface area contributed by atoms with Gasteiger partial charge in [0, 0.05) is 24.9 Å². The van der Waals surface area contributed by atoms with Gasteiger partial charge in [0.2, 0.25) is 0 Å². The van der Waals surface area contributed by atoms with Crippen LogP contribution in [0.2, 0.25) is 0 Å². The van der Waals surface area contributed by atoms with Crippen molar-refractivity contribution in [3.63, 3.8) is 0 Å². The lowest BCUT2D eigenvalue weighted by atomic mass is 10.2. The van der Waals surface area contributed by atoms with Gasteiger partial charge in [-0.2, -0.15) is 0 Å². The van der Waals surface area contributed by atoms with Crippen LogP contribution >= 0.6 is 0 Å². The Balaban J connectivity index is 2.60. The molecule has 0 bridgehead atoms. The van der Waals surface area contributed by atoms with Gasteiger partial charge in [-0.05, 0) is 27.7 Å².